The first-order valence-electron chi connectivity index (χ1n) is 6.34. The summed E-state index contributed by atoms with van der Waals surface area (Å²) in [6, 6.07) is 9.12. The van der Waals surface area contributed by atoms with Crippen LogP contribution in [0.25, 0.3) is 0 Å². The zero-order valence-electron chi connectivity index (χ0n) is 11.4. The summed E-state index contributed by atoms with van der Waals surface area (Å²) in [5.41, 5.74) is 10.8. The average Bonchev–Trinajstić information content (AvgIpc) is 2.39. The summed E-state index contributed by atoms with van der Waals surface area (Å²) in [5, 5.41) is 0. The van der Waals surface area contributed by atoms with Crippen LogP contribution in [0.3, 0.4) is 0 Å². The molecule has 0 aliphatic rings. The highest BCUT2D eigenvalue weighted by Crippen LogP contribution is 2.27. The Bertz CT molecular complexity index is 617. The molecule has 1 nitrogen and oxygen atoms in total. The van der Waals surface area contributed by atoms with E-state index >= 15 is 0 Å². The van der Waals surface area contributed by atoms with E-state index in [9.17, 15) is 4.39 Å². The molecule has 2 N–H and O–H groups in total. The second kappa shape index (κ2) is 6.37. The van der Waals surface area contributed by atoms with Crippen LogP contribution in [0.15, 0.2) is 39.3 Å². The van der Waals surface area contributed by atoms with Crippen LogP contribution in [0.1, 0.15) is 28.3 Å². The van der Waals surface area contributed by atoms with E-state index in [1.54, 1.807) is 12.1 Å². The molecule has 0 aromatic heterocycles. The lowest BCUT2D eigenvalue weighted by atomic mass is 9.96. The first kappa shape index (κ1) is 15.7. The van der Waals surface area contributed by atoms with Gasteiger partial charge in [0.05, 0.1) is 4.47 Å². The van der Waals surface area contributed by atoms with Gasteiger partial charge in [-0.25, -0.2) is 4.39 Å². The van der Waals surface area contributed by atoms with E-state index in [1.165, 1.54) is 17.2 Å². The standard InChI is InChI=1S/C16H16Br2FN/c1-9-5-12(6-10(2)16(9)18)15(20)8-11-3-4-14(19)13(17)7-11/h3-7,15H,8,20H2,1-2H3. The van der Waals surface area contributed by atoms with Gasteiger partial charge in [0.1, 0.15) is 5.82 Å². The van der Waals surface area contributed by atoms with Crippen molar-refractivity contribution in [2.45, 2.75) is 26.3 Å². The maximum Gasteiger partial charge on any atom is 0.137 e. The van der Waals surface area contributed by atoms with Crippen LogP contribution in [0, 0.1) is 19.7 Å². The molecule has 0 amide bonds. The SMILES string of the molecule is Cc1cc(C(N)Cc2ccc(F)c(Br)c2)cc(C)c1Br. The molecule has 2 aromatic rings. The molecule has 0 saturated heterocycles. The maximum absolute atomic E-state index is 13.2. The Hall–Kier alpha value is -0.710. The minimum atomic E-state index is -0.252. The monoisotopic (exact) mass is 399 g/mol. The molecule has 106 valence electrons. The molecule has 0 heterocycles. The fraction of sp³-hybridized carbons (Fsp3) is 0.250. The predicted octanol–water partition coefficient (Wildman–Crippen LogP) is 5.21. The molecule has 2 rings (SSSR count). The topological polar surface area (TPSA) is 26.0 Å². The minimum Gasteiger partial charge on any atom is -0.324 e. The van der Waals surface area contributed by atoms with Crippen LogP contribution < -0.4 is 5.73 Å². The highest BCUT2D eigenvalue weighted by Gasteiger charge is 2.11. The number of aryl methyl sites for hydroxylation is 2. The molecule has 0 fully saturated rings. The summed E-state index contributed by atoms with van der Waals surface area (Å²) < 4.78 is 14.8. The van der Waals surface area contributed by atoms with Crippen LogP contribution in [0.2, 0.25) is 0 Å². The molecule has 1 atom stereocenters. The van der Waals surface area contributed by atoms with Gasteiger partial charge >= 0.3 is 0 Å². The largest absolute Gasteiger partial charge is 0.324 e. The zero-order chi connectivity index (χ0) is 14.9. The van der Waals surface area contributed by atoms with Crippen molar-refractivity contribution in [3.05, 3.63) is 67.3 Å². The first-order valence-corrected chi connectivity index (χ1v) is 7.93. The van der Waals surface area contributed by atoms with Crippen LogP contribution in [-0.2, 0) is 6.42 Å². The molecule has 0 spiro atoms. The van der Waals surface area contributed by atoms with Gasteiger partial charge < -0.3 is 5.73 Å². The fourth-order valence-electron chi connectivity index (χ4n) is 2.23. The van der Waals surface area contributed by atoms with Crippen molar-refractivity contribution < 1.29 is 4.39 Å². The first-order chi connectivity index (χ1) is 9.38. The third-order valence-corrected chi connectivity index (χ3v) is 5.19. The van der Waals surface area contributed by atoms with Gasteiger partial charge in [0.2, 0.25) is 0 Å². The van der Waals surface area contributed by atoms with Crippen LogP contribution >= 0.6 is 31.9 Å². The summed E-state index contributed by atoms with van der Waals surface area (Å²) in [5.74, 6) is -0.252. The third kappa shape index (κ3) is 3.48. The normalized spacial score (nSPS) is 12.5. The molecular formula is C16H16Br2FN. The Kier molecular flexibility index (Phi) is 4.99. The molecule has 0 aliphatic heterocycles. The Morgan fingerprint density at radius 3 is 2.25 bits per heavy atom. The number of rotatable bonds is 3. The molecule has 0 aliphatic carbocycles. The van der Waals surface area contributed by atoms with E-state index in [0.717, 1.165) is 15.6 Å². The number of benzene rings is 2. The molecule has 0 radical (unpaired) electrons. The van der Waals surface area contributed by atoms with Gasteiger partial charge in [-0.15, -0.1) is 0 Å². The Morgan fingerprint density at radius 1 is 1.10 bits per heavy atom. The van der Waals surface area contributed by atoms with Crippen molar-refractivity contribution in [2.75, 3.05) is 0 Å². The smallest absolute Gasteiger partial charge is 0.137 e. The van der Waals surface area contributed by atoms with Gasteiger partial charge in [-0.2, -0.15) is 0 Å². The van der Waals surface area contributed by atoms with E-state index in [2.05, 4.69) is 57.8 Å². The zero-order valence-corrected chi connectivity index (χ0v) is 14.6. The number of halogens is 3. The van der Waals surface area contributed by atoms with Crippen molar-refractivity contribution in [1.82, 2.24) is 0 Å². The van der Waals surface area contributed by atoms with Crippen molar-refractivity contribution in [2.24, 2.45) is 5.73 Å². The maximum atomic E-state index is 13.2. The number of nitrogens with two attached hydrogens (primary N) is 1. The van der Waals surface area contributed by atoms with Gasteiger partial charge in [0.15, 0.2) is 0 Å². The molecule has 20 heavy (non-hydrogen) atoms. The lowest BCUT2D eigenvalue weighted by molar-refractivity contribution is 0.618. The number of hydrogen-bond donors (Lipinski definition) is 1. The third-order valence-electron chi connectivity index (χ3n) is 3.33. The molecule has 1 unspecified atom stereocenters. The molecule has 2 aromatic carbocycles. The molecule has 4 heteroatoms. The van der Waals surface area contributed by atoms with E-state index in [0.29, 0.717) is 10.9 Å². The van der Waals surface area contributed by atoms with Crippen molar-refractivity contribution in [3.8, 4) is 0 Å². The van der Waals surface area contributed by atoms with Crippen molar-refractivity contribution in [1.29, 1.82) is 0 Å². The van der Waals surface area contributed by atoms with Gasteiger partial charge in [-0.3, -0.25) is 0 Å². The predicted molar refractivity (Wildman–Crippen MR) is 88.3 cm³/mol. The lowest BCUT2D eigenvalue weighted by Crippen LogP contribution is -2.14. The Morgan fingerprint density at radius 2 is 1.70 bits per heavy atom. The highest BCUT2D eigenvalue weighted by atomic mass is 79.9. The Balaban J connectivity index is 2.23. The second-order valence-corrected chi connectivity index (χ2v) is 6.68. The van der Waals surface area contributed by atoms with Crippen molar-refractivity contribution >= 4 is 31.9 Å². The number of hydrogen-bond acceptors (Lipinski definition) is 1. The second-order valence-electron chi connectivity index (χ2n) is 5.03. The summed E-state index contributed by atoms with van der Waals surface area (Å²) in [6.45, 7) is 4.11. The van der Waals surface area contributed by atoms with Crippen molar-refractivity contribution in [3.63, 3.8) is 0 Å². The van der Waals surface area contributed by atoms with E-state index in [1.807, 2.05) is 0 Å². The van der Waals surface area contributed by atoms with E-state index in [4.69, 9.17) is 5.73 Å². The minimum absolute atomic E-state index is 0.0992. The van der Waals surface area contributed by atoms with Gasteiger partial charge in [0, 0.05) is 10.5 Å². The summed E-state index contributed by atoms with van der Waals surface area (Å²) in [6.07, 6.45) is 0.680. The van der Waals surface area contributed by atoms with Crippen LogP contribution in [0.4, 0.5) is 4.39 Å². The quantitative estimate of drug-likeness (QED) is 0.751. The van der Waals surface area contributed by atoms with E-state index < -0.39 is 0 Å². The molecule has 0 saturated carbocycles. The van der Waals surface area contributed by atoms with Gasteiger partial charge in [-0.1, -0.05) is 34.1 Å². The molecular weight excluding hydrogens is 385 g/mol. The Labute approximate surface area is 135 Å². The summed E-state index contributed by atoms with van der Waals surface area (Å²) >= 11 is 6.76. The van der Waals surface area contributed by atoms with Gasteiger partial charge in [-0.05, 0) is 70.6 Å². The van der Waals surface area contributed by atoms with E-state index in [-0.39, 0.29) is 11.9 Å². The summed E-state index contributed by atoms with van der Waals surface area (Å²) in [4.78, 5) is 0. The van der Waals surface area contributed by atoms with Crippen LogP contribution in [0.5, 0.6) is 0 Å². The highest BCUT2D eigenvalue weighted by molar-refractivity contribution is 9.10. The fourth-order valence-corrected chi connectivity index (χ4v) is 2.89. The lowest BCUT2D eigenvalue weighted by Gasteiger charge is -2.15. The molecule has 0 bridgehead atoms. The average molecular weight is 401 g/mol. The summed E-state index contributed by atoms with van der Waals surface area (Å²) in [7, 11) is 0. The van der Waals surface area contributed by atoms with Gasteiger partial charge in [0.25, 0.3) is 0 Å². The van der Waals surface area contributed by atoms with Crippen LogP contribution in [-0.4, -0.2) is 0 Å².